The van der Waals surface area contributed by atoms with Gasteiger partial charge in [-0.05, 0) is 38.3 Å². The first-order valence-electron chi connectivity index (χ1n) is 6.19. The molecule has 2 heteroatoms. The second kappa shape index (κ2) is 4.77. The third kappa shape index (κ3) is 1.89. The Kier molecular flexibility index (Phi) is 3.37. The van der Waals surface area contributed by atoms with Crippen LogP contribution in [0.5, 0.6) is 0 Å². The third-order valence-electron chi connectivity index (χ3n) is 3.09. The van der Waals surface area contributed by atoms with Crippen LogP contribution in [-0.2, 0) is 9.47 Å². The van der Waals surface area contributed by atoms with E-state index in [-0.39, 0.29) is 0 Å². The summed E-state index contributed by atoms with van der Waals surface area (Å²) in [5.41, 5.74) is 2.80. The first kappa shape index (κ1) is 11.3. The van der Waals surface area contributed by atoms with Gasteiger partial charge in [0.15, 0.2) is 11.5 Å². The molecule has 0 saturated heterocycles. The fourth-order valence-electron chi connectivity index (χ4n) is 2.46. The Morgan fingerprint density at radius 3 is 2.69 bits per heavy atom. The van der Waals surface area contributed by atoms with Crippen LogP contribution in [0.25, 0.3) is 0 Å². The summed E-state index contributed by atoms with van der Waals surface area (Å²) in [5, 5.41) is 0. The van der Waals surface area contributed by atoms with Crippen LogP contribution in [0.15, 0.2) is 34.8 Å². The van der Waals surface area contributed by atoms with Crippen LogP contribution >= 0.6 is 0 Å². The zero-order valence-corrected chi connectivity index (χ0v) is 10.4. The highest BCUT2D eigenvalue weighted by Gasteiger charge is 2.28. The lowest BCUT2D eigenvalue weighted by Crippen LogP contribution is -2.13. The molecule has 2 aliphatic rings. The van der Waals surface area contributed by atoms with Crippen molar-refractivity contribution in [3.05, 3.63) is 34.8 Å². The minimum absolute atomic E-state index is 0.461. The van der Waals surface area contributed by atoms with E-state index in [4.69, 9.17) is 9.47 Å². The minimum Gasteiger partial charge on any atom is -0.490 e. The SMILES string of the molecule is CCOC1=CC(C)C2=CCCC2=C1OCC. The molecule has 0 aromatic heterocycles. The minimum atomic E-state index is 0.461. The largest absolute Gasteiger partial charge is 0.490 e. The molecule has 0 radical (unpaired) electrons. The Balaban J connectivity index is 2.35. The normalized spacial score (nSPS) is 23.8. The number of hydrogen-bond acceptors (Lipinski definition) is 2. The Morgan fingerprint density at radius 2 is 2.00 bits per heavy atom. The second-order valence-electron chi connectivity index (χ2n) is 4.19. The molecule has 16 heavy (non-hydrogen) atoms. The molecule has 0 fully saturated rings. The van der Waals surface area contributed by atoms with Crippen LogP contribution in [0, 0.1) is 5.92 Å². The van der Waals surface area contributed by atoms with Gasteiger partial charge in [0, 0.05) is 11.5 Å². The maximum absolute atomic E-state index is 5.76. The number of fused-ring (bicyclic) bond motifs is 1. The molecule has 2 rings (SSSR count). The van der Waals surface area contributed by atoms with Crippen molar-refractivity contribution in [3.8, 4) is 0 Å². The summed E-state index contributed by atoms with van der Waals surface area (Å²) in [7, 11) is 0. The zero-order chi connectivity index (χ0) is 11.5. The molecule has 0 aliphatic heterocycles. The average molecular weight is 220 g/mol. The lowest BCUT2D eigenvalue weighted by Gasteiger charge is -2.25. The van der Waals surface area contributed by atoms with Crippen molar-refractivity contribution in [2.45, 2.75) is 33.6 Å². The molecule has 1 atom stereocenters. The van der Waals surface area contributed by atoms with Gasteiger partial charge < -0.3 is 9.47 Å². The predicted molar refractivity (Wildman–Crippen MR) is 64.8 cm³/mol. The quantitative estimate of drug-likeness (QED) is 0.721. The van der Waals surface area contributed by atoms with Crippen LogP contribution in [0.1, 0.15) is 33.6 Å². The molecule has 0 aromatic carbocycles. The van der Waals surface area contributed by atoms with Gasteiger partial charge in [-0.25, -0.2) is 0 Å². The van der Waals surface area contributed by atoms with Gasteiger partial charge in [-0.3, -0.25) is 0 Å². The van der Waals surface area contributed by atoms with E-state index in [1.54, 1.807) is 0 Å². The highest BCUT2D eigenvalue weighted by atomic mass is 16.5. The van der Waals surface area contributed by atoms with E-state index in [0.29, 0.717) is 19.1 Å². The molecule has 0 heterocycles. The first-order valence-corrected chi connectivity index (χ1v) is 6.19. The maximum Gasteiger partial charge on any atom is 0.164 e. The fourth-order valence-corrected chi connectivity index (χ4v) is 2.46. The molecule has 1 unspecified atom stereocenters. The van der Waals surface area contributed by atoms with Crippen molar-refractivity contribution in [1.82, 2.24) is 0 Å². The van der Waals surface area contributed by atoms with Crippen molar-refractivity contribution < 1.29 is 9.47 Å². The van der Waals surface area contributed by atoms with Crippen LogP contribution < -0.4 is 0 Å². The van der Waals surface area contributed by atoms with Crippen molar-refractivity contribution in [2.75, 3.05) is 13.2 Å². The summed E-state index contributed by atoms with van der Waals surface area (Å²) in [6.45, 7) is 7.65. The van der Waals surface area contributed by atoms with Gasteiger partial charge in [-0.1, -0.05) is 13.0 Å². The molecule has 88 valence electrons. The molecular formula is C14H20O2. The van der Waals surface area contributed by atoms with Gasteiger partial charge in [0.1, 0.15) is 0 Å². The molecule has 0 spiro atoms. The Morgan fingerprint density at radius 1 is 1.25 bits per heavy atom. The highest BCUT2D eigenvalue weighted by Crippen LogP contribution is 2.40. The van der Waals surface area contributed by atoms with E-state index in [9.17, 15) is 0 Å². The standard InChI is InChI=1S/C14H20O2/c1-4-15-13-9-10(3)11-7-6-8-12(11)14(13)16-5-2/h7,9-10H,4-6,8H2,1-3H3. The second-order valence-corrected chi connectivity index (χ2v) is 4.19. The van der Waals surface area contributed by atoms with Crippen molar-refractivity contribution in [2.24, 2.45) is 5.92 Å². The molecule has 0 aromatic rings. The maximum atomic E-state index is 5.76. The van der Waals surface area contributed by atoms with E-state index in [1.165, 1.54) is 11.1 Å². The first-order chi connectivity index (χ1) is 7.77. The van der Waals surface area contributed by atoms with E-state index in [2.05, 4.69) is 19.1 Å². The highest BCUT2D eigenvalue weighted by molar-refractivity contribution is 5.49. The number of hydrogen-bond donors (Lipinski definition) is 0. The van der Waals surface area contributed by atoms with Gasteiger partial charge in [0.05, 0.1) is 13.2 Å². The molecule has 2 aliphatic carbocycles. The fraction of sp³-hybridized carbons (Fsp3) is 0.571. The monoisotopic (exact) mass is 220 g/mol. The summed E-state index contributed by atoms with van der Waals surface area (Å²) in [4.78, 5) is 0. The molecule has 0 bridgehead atoms. The smallest absolute Gasteiger partial charge is 0.164 e. The summed E-state index contributed by atoms with van der Waals surface area (Å²) in [5.74, 6) is 2.38. The molecule has 0 amide bonds. The lowest BCUT2D eigenvalue weighted by molar-refractivity contribution is 0.159. The molecule has 2 nitrogen and oxygen atoms in total. The zero-order valence-electron chi connectivity index (χ0n) is 10.4. The summed E-state index contributed by atoms with van der Waals surface area (Å²) < 4.78 is 11.4. The van der Waals surface area contributed by atoms with Gasteiger partial charge in [-0.2, -0.15) is 0 Å². The van der Waals surface area contributed by atoms with Crippen molar-refractivity contribution >= 4 is 0 Å². The van der Waals surface area contributed by atoms with Crippen molar-refractivity contribution in [3.63, 3.8) is 0 Å². The topological polar surface area (TPSA) is 18.5 Å². The van der Waals surface area contributed by atoms with E-state index < -0.39 is 0 Å². The van der Waals surface area contributed by atoms with Gasteiger partial charge in [0.25, 0.3) is 0 Å². The van der Waals surface area contributed by atoms with Crippen LogP contribution in [0.2, 0.25) is 0 Å². The summed E-state index contributed by atoms with van der Waals surface area (Å²) in [6, 6.07) is 0. The summed E-state index contributed by atoms with van der Waals surface area (Å²) in [6.07, 6.45) is 6.74. The van der Waals surface area contributed by atoms with Gasteiger partial charge >= 0.3 is 0 Å². The predicted octanol–water partition coefficient (Wildman–Crippen LogP) is 3.57. The molecule has 0 N–H and O–H groups in total. The van der Waals surface area contributed by atoms with E-state index in [0.717, 1.165) is 24.4 Å². The molecular weight excluding hydrogens is 200 g/mol. The Labute approximate surface area is 97.6 Å². The van der Waals surface area contributed by atoms with Crippen LogP contribution in [0.3, 0.4) is 0 Å². The van der Waals surface area contributed by atoms with E-state index >= 15 is 0 Å². The van der Waals surface area contributed by atoms with Crippen LogP contribution in [-0.4, -0.2) is 13.2 Å². The number of rotatable bonds is 4. The Bertz CT molecular complexity index is 361. The Hall–Kier alpha value is -1.18. The van der Waals surface area contributed by atoms with Gasteiger partial charge in [0.2, 0.25) is 0 Å². The summed E-state index contributed by atoms with van der Waals surface area (Å²) >= 11 is 0. The molecule has 0 saturated carbocycles. The van der Waals surface area contributed by atoms with E-state index in [1.807, 2.05) is 13.8 Å². The van der Waals surface area contributed by atoms with Crippen molar-refractivity contribution in [1.29, 1.82) is 0 Å². The van der Waals surface area contributed by atoms with Crippen LogP contribution in [0.4, 0.5) is 0 Å². The average Bonchev–Trinajstić information content (AvgIpc) is 2.73. The lowest BCUT2D eigenvalue weighted by atomic mass is 9.89. The number of ether oxygens (including phenoxy) is 2. The third-order valence-corrected chi connectivity index (χ3v) is 3.09. The number of allylic oxidation sites excluding steroid dienone is 4. The van der Waals surface area contributed by atoms with Gasteiger partial charge in [-0.15, -0.1) is 0 Å².